The summed E-state index contributed by atoms with van der Waals surface area (Å²) in [4.78, 5) is 46.7. The number of nitro groups is 1. The molecular formula is C19H14N2O8S2. The van der Waals surface area contributed by atoms with E-state index in [9.17, 15) is 29.6 Å². The smallest absolute Gasteiger partial charge is 0.326 e. The van der Waals surface area contributed by atoms with Crippen molar-refractivity contribution in [2.75, 3.05) is 0 Å². The third-order valence-corrected chi connectivity index (χ3v) is 5.65. The van der Waals surface area contributed by atoms with Crippen LogP contribution in [-0.2, 0) is 14.4 Å². The van der Waals surface area contributed by atoms with Crippen molar-refractivity contribution in [3.63, 3.8) is 0 Å². The number of carbonyl (C=O) groups excluding carboxylic acids is 1. The Hall–Kier alpha value is -3.51. The molecule has 3 rings (SSSR count). The first-order valence-electron chi connectivity index (χ1n) is 8.74. The molecule has 0 saturated carbocycles. The second-order valence-corrected chi connectivity index (χ2v) is 7.99. The lowest BCUT2D eigenvalue weighted by Gasteiger charge is -2.22. The number of rotatable bonds is 8. The fourth-order valence-electron chi connectivity index (χ4n) is 2.92. The number of thiocarbonyl (C=S) groups is 1. The van der Waals surface area contributed by atoms with E-state index in [4.69, 9.17) is 21.7 Å². The summed E-state index contributed by atoms with van der Waals surface area (Å²) in [6.07, 6.45) is 0.616. The molecule has 0 bridgehead atoms. The average Bonchev–Trinajstić information content (AvgIpc) is 3.27. The van der Waals surface area contributed by atoms with Gasteiger partial charge in [-0.15, -0.1) is 0 Å². The first kappa shape index (κ1) is 22.2. The van der Waals surface area contributed by atoms with Gasteiger partial charge in [-0.1, -0.05) is 36.1 Å². The zero-order valence-electron chi connectivity index (χ0n) is 15.6. The molecule has 160 valence electrons. The highest BCUT2D eigenvalue weighted by atomic mass is 32.2. The predicted molar refractivity (Wildman–Crippen MR) is 114 cm³/mol. The zero-order valence-corrected chi connectivity index (χ0v) is 17.2. The van der Waals surface area contributed by atoms with Crippen molar-refractivity contribution in [1.82, 2.24) is 4.90 Å². The molecule has 1 aliphatic heterocycles. The van der Waals surface area contributed by atoms with E-state index in [2.05, 4.69) is 0 Å². The summed E-state index contributed by atoms with van der Waals surface area (Å²) in [6, 6.07) is 7.64. The number of thioether (sulfide) groups is 1. The van der Waals surface area contributed by atoms with Gasteiger partial charge in [0.15, 0.2) is 0 Å². The van der Waals surface area contributed by atoms with Crippen LogP contribution in [0.4, 0.5) is 5.69 Å². The number of para-hydroxylation sites is 1. The Labute approximate surface area is 184 Å². The van der Waals surface area contributed by atoms with Crippen molar-refractivity contribution < 1.29 is 33.9 Å². The third-order valence-electron chi connectivity index (χ3n) is 4.32. The monoisotopic (exact) mass is 462 g/mol. The summed E-state index contributed by atoms with van der Waals surface area (Å²) in [6.45, 7) is 0. The number of nitrogens with zero attached hydrogens (tertiary/aromatic N) is 2. The molecule has 12 heteroatoms. The number of nitro benzene ring substituents is 1. The molecule has 1 atom stereocenters. The van der Waals surface area contributed by atoms with Crippen molar-refractivity contribution in [3.8, 4) is 11.3 Å². The van der Waals surface area contributed by atoms with E-state index in [-0.39, 0.29) is 38.4 Å². The predicted octanol–water partition coefficient (Wildman–Crippen LogP) is 3.37. The van der Waals surface area contributed by atoms with Crippen molar-refractivity contribution in [3.05, 3.63) is 57.2 Å². The van der Waals surface area contributed by atoms with Crippen LogP contribution in [0.15, 0.2) is 45.7 Å². The lowest BCUT2D eigenvalue weighted by molar-refractivity contribution is -0.384. The highest BCUT2D eigenvalue weighted by molar-refractivity contribution is 8.26. The number of hydrogen-bond donors (Lipinski definition) is 2. The van der Waals surface area contributed by atoms with Crippen LogP contribution >= 0.6 is 24.0 Å². The van der Waals surface area contributed by atoms with Crippen LogP contribution in [0.2, 0.25) is 0 Å². The maximum absolute atomic E-state index is 12.7. The molecule has 1 aromatic heterocycles. The molecule has 0 radical (unpaired) electrons. The van der Waals surface area contributed by atoms with E-state index >= 15 is 0 Å². The molecule has 2 heterocycles. The van der Waals surface area contributed by atoms with E-state index in [1.807, 2.05) is 0 Å². The summed E-state index contributed by atoms with van der Waals surface area (Å²) in [5.74, 6) is -2.80. The molecule has 1 aliphatic rings. The number of carboxylic acids is 2. The molecule has 1 amide bonds. The summed E-state index contributed by atoms with van der Waals surface area (Å²) in [5, 5.41) is 29.4. The van der Waals surface area contributed by atoms with Crippen molar-refractivity contribution >= 4 is 57.9 Å². The largest absolute Gasteiger partial charge is 0.481 e. The van der Waals surface area contributed by atoms with Gasteiger partial charge in [-0.2, -0.15) is 0 Å². The Morgan fingerprint density at radius 1 is 1.26 bits per heavy atom. The van der Waals surface area contributed by atoms with E-state index in [1.165, 1.54) is 36.4 Å². The first-order valence-corrected chi connectivity index (χ1v) is 9.96. The van der Waals surface area contributed by atoms with E-state index in [0.717, 1.165) is 16.7 Å². The first-order chi connectivity index (χ1) is 14.7. The molecule has 2 N–H and O–H groups in total. The quantitative estimate of drug-likeness (QED) is 0.258. The Morgan fingerprint density at radius 3 is 2.61 bits per heavy atom. The third kappa shape index (κ3) is 4.81. The van der Waals surface area contributed by atoms with Gasteiger partial charge in [0.05, 0.1) is 15.4 Å². The number of hydrogen-bond acceptors (Lipinski definition) is 8. The van der Waals surface area contributed by atoms with Gasteiger partial charge in [-0.3, -0.25) is 24.6 Å². The number of benzene rings is 1. The number of carbonyl (C=O) groups is 3. The minimum absolute atomic E-state index is 0.0143. The molecule has 0 aliphatic carbocycles. The topological polar surface area (TPSA) is 151 Å². The van der Waals surface area contributed by atoms with Gasteiger partial charge < -0.3 is 14.6 Å². The minimum atomic E-state index is -1.41. The Kier molecular flexibility index (Phi) is 6.51. The van der Waals surface area contributed by atoms with Crippen molar-refractivity contribution in [1.29, 1.82) is 0 Å². The van der Waals surface area contributed by atoms with Crippen LogP contribution in [0, 0.1) is 10.1 Å². The molecule has 10 nitrogen and oxygen atoms in total. The highest BCUT2D eigenvalue weighted by Crippen LogP contribution is 2.36. The molecule has 1 saturated heterocycles. The summed E-state index contributed by atoms with van der Waals surface area (Å²) >= 11 is 5.98. The van der Waals surface area contributed by atoms with Crippen LogP contribution in [0.3, 0.4) is 0 Å². The van der Waals surface area contributed by atoms with Crippen LogP contribution in [0.5, 0.6) is 0 Å². The fraction of sp³-hybridized carbons (Fsp3) is 0.158. The van der Waals surface area contributed by atoms with E-state index in [1.54, 1.807) is 6.07 Å². The molecule has 1 fully saturated rings. The fourth-order valence-corrected chi connectivity index (χ4v) is 4.25. The molecule has 0 spiro atoms. The lowest BCUT2D eigenvalue weighted by atomic mass is 10.1. The van der Waals surface area contributed by atoms with Crippen LogP contribution in [0.1, 0.15) is 18.6 Å². The molecule has 31 heavy (non-hydrogen) atoms. The summed E-state index contributed by atoms with van der Waals surface area (Å²) in [7, 11) is 0. The van der Waals surface area contributed by atoms with Gasteiger partial charge in [0.1, 0.15) is 21.9 Å². The minimum Gasteiger partial charge on any atom is -0.481 e. The number of furan rings is 1. The Balaban J connectivity index is 1.86. The second-order valence-electron chi connectivity index (χ2n) is 6.31. The number of aliphatic carboxylic acids is 2. The summed E-state index contributed by atoms with van der Waals surface area (Å²) in [5.41, 5.74) is 0.122. The average molecular weight is 462 g/mol. The normalized spacial score (nSPS) is 16.0. The molecular weight excluding hydrogens is 448 g/mol. The SMILES string of the molecule is O=C(O)CCC(C(=O)O)N1C(=O)/C(=C/c2ccc(-c3ccccc3[N+](=O)[O-])o2)SC1=S. The maximum Gasteiger partial charge on any atom is 0.326 e. The van der Waals surface area contributed by atoms with E-state index < -0.39 is 35.2 Å². The van der Waals surface area contributed by atoms with Gasteiger partial charge >= 0.3 is 11.9 Å². The molecule has 1 aromatic carbocycles. The number of carboxylic acid groups (broad SMARTS) is 2. The molecule has 2 aromatic rings. The maximum atomic E-state index is 12.7. The molecule has 1 unspecified atom stereocenters. The van der Waals surface area contributed by atoms with Gasteiger partial charge in [-0.25, -0.2) is 4.79 Å². The van der Waals surface area contributed by atoms with Crippen molar-refractivity contribution in [2.24, 2.45) is 0 Å². The summed E-state index contributed by atoms with van der Waals surface area (Å²) < 4.78 is 5.61. The van der Waals surface area contributed by atoms with Gasteiger partial charge in [0, 0.05) is 18.6 Å². The van der Waals surface area contributed by atoms with Crippen LogP contribution < -0.4 is 0 Å². The van der Waals surface area contributed by atoms with Crippen LogP contribution in [-0.4, -0.2) is 48.2 Å². The highest BCUT2D eigenvalue weighted by Gasteiger charge is 2.40. The van der Waals surface area contributed by atoms with Gasteiger partial charge in [0.2, 0.25) is 0 Å². The Morgan fingerprint density at radius 2 is 1.97 bits per heavy atom. The number of amides is 1. The van der Waals surface area contributed by atoms with E-state index in [0.29, 0.717) is 0 Å². The second kappa shape index (κ2) is 9.10. The van der Waals surface area contributed by atoms with Gasteiger partial charge in [0.25, 0.3) is 11.6 Å². The van der Waals surface area contributed by atoms with Crippen molar-refractivity contribution in [2.45, 2.75) is 18.9 Å². The Bertz CT molecular complexity index is 1120. The standard InChI is InChI=1S/C19H14N2O8S2/c22-16(23)8-6-13(18(25)26)20-17(24)15(31-19(20)30)9-10-5-7-14(29-10)11-3-1-2-4-12(11)21(27)28/h1-5,7,9,13H,6,8H2,(H,22,23)(H,25,26)/b15-9-. The van der Waals surface area contributed by atoms with Gasteiger partial charge in [-0.05, 0) is 24.6 Å². The lowest BCUT2D eigenvalue weighted by Crippen LogP contribution is -2.44. The van der Waals surface area contributed by atoms with Crippen LogP contribution in [0.25, 0.3) is 17.4 Å². The zero-order chi connectivity index (χ0) is 22.7.